The van der Waals surface area contributed by atoms with E-state index in [-0.39, 0.29) is 0 Å². The summed E-state index contributed by atoms with van der Waals surface area (Å²) in [6, 6.07) is 13.9. The molecule has 1 aromatic heterocycles. The summed E-state index contributed by atoms with van der Waals surface area (Å²) in [5, 5.41) is 3.94. The van der Waals surface area contributed by atoms with Crippen LogP contribution in [-0.2, 0) is 0 Å². The van der Waals surface area contributed by atoms with Crippen molar-refractivity contribution in [3.8, 4) is 22.5 Å². The molecule has 0 saturated heterocycles. The Morgan fingerprint density at radius 1 is 1.05 bits per heavy atom. The Morgan fingerprint density at radius 3 is 2.48 bits per heavy atom. The molecule has 21 heavy (non-hydrogen) atoms. The molecule has 0 unspecified atom stereocenters. The van der Waals surface area contributed by atoms with Crippen molar-refractivity contribution in [2.45, 2.75) is 6.92 Å². The van der Waals surface area contributed by atoms with Gasteiger partial charge in [-0.25, -0.2) is 0 Å². The SMILES string of the molecule is Cc1c(Br)cccc1-c1onc(N)c1-c1ccc(Br)cc1. The predicted molar refractivity (Wildman–Crippen MR) is 91.9 cm³/mol. The molecular weight excluding hydrogens is 396 g/mol. The molecule has 0 fully saturated rings. The van der Waals surface area contributed by atoms with Gasteiger partial charge in [-0.2, -0.15) is 0 Å². The number of benzene rings is 2. The summed E-state index contributed by atoms with van der Waals surface area (Å²) in [7, 11) is 0. The lowest BCUT2D eigenvalue weighted by molar-refractivity contribution is 0.436. The van der Waals surface area contributed by atoms with Gasteiger partial charge in [0.15, 0.2) is 11.6 Å². The molecule has 2 aromatic carbocycles. The second-order valence-corrected chi connectivity index (χ2v) is 6.46. The van der Waals surface area contributed by atoms with Crippen LogP contribution in [0.4, 0.5) is 5.82 Å². The Kier molecular flexibility index (Phi) is 3.87. The van der Waals surface area contributed by atoms with Crippen LogP contribution in [-0.4, -0.2) is 5.16 Å². The first kappa shape index (κ1) is 14.4. The molecule has 3 aromatic rings. The molecule has 3 rings (SSSR count). The molecule has 0 amide bonds. The van der Waals surface area contributed by atoms with E-state index < -0.39 is 0 Å². The number of halogens is 2. The zero-order chi connectivity index (χ0) is 15.0. The highest BCUT2D eigenvalue weighted by molar-refractivity contribution is 9.10. The zero-order valence-corrected chi connectivity index (χ0v) is 14.4. The Labute approximate surface area is 139 Å². The van der Waals surface area contributed by atoms with E-state index in [4.69, 9.17) is 10.3 Å². The fourth-order valence-corrected chi connectivity index (χ4v) is 2.87. The highest BCUT2D eigenvalue weighted by Crippen LogP contribution is 2.39. The van der Waals surface area contributed by atoms with Gasteiger partial charge >= 0.3 is 0 Å². The van der Waals surface area contributed by atoms with Gasteiger partial charge in [0.1, 0.15) is 0 Å². The van der Waals surface area contributed by atoms with E-state index in [1.54, 1.807) is 0 Å². The Balaban J connectivity index is 2.22. The van der Waals surface area contributed by atoms with Crippen molar-refractivity contribution in [3.05, 3.63) is 57.0 Å². The van der Waals surface area contributed by atoms with Crippen molar-refractivity contribution in [3.63, 3.8) is 0 Å². The van der Waals surface area contributed by atoms with E-state index in [2.05, 4.69) is 37.0 Å². The van der Waals surface area contributed by atoms with Gasteiger partial charge in [0.05, 0.1) is 5.56 Å². The quantitative estimate of drug-likeness (QED) is 0.616. The number of nitrogens with two attached hydrogens (primary N) is 1. The molecule has 106 valence electrons. The first-order valence-corrected chi connectivity index (χ1v) is 7.93. The molecule has 2 N–H and O–H groups in total. The van der Waals surface area contributed by atoms with Gasteiger partial charge in [-0.15, -0.1) is 0 Å². The number of nitrogen functional groups attached to an aromatic ring is 1. The van der Waals surface area contributed by atoms with E-state index in [1.807, 2.05) is 49.4 Å². The molecule has 0 spiro atoms. The number of hydrogen-bond acceptors (Lipinski definition) is 3. The third-order valence-corrected chi connectivity index (χ3v) is 4.75. The van der Waals surface area contributed by atoms with Crippen LogP contribution in [0.25, 0.3) is 22.5 Å². The average molecular weight is 408 g/mol. The minimum atomic E-state index is 0.395. The molecule has 0 aliphatic carbocycles. The van der Waals surface area contributed by atoms with E-state index >= 15 is 0 Å². The first-order chi connectivity index (χ1) is 10.1. The van der Waals surface area contributed by atoms with Crippen LogP contribution >= 0.6 is 31.9 Å². The van der Waals surface area contributed by atoms with Crippen LogP contribution in [0, 0.1) is 6.92 Å². The maximum absolute atomic E-state index is 6.01. The van der Waals surface area contributed by atoms with Crippen molar-refractivity contribution in [1.82, 2.24) is 5.16 Å². The average Bonchev–Trinajstić information content (AvgIpc) is 2.85. The Bertz CT molecular complexity index is 795. The third kappa shape index (κ3) is 2.63. The van der Waals surface area contributed by atoms with Gasteiger partial charge in [-0.1, -0.05) is 61.3 Å². The van der Waals surface area contributed by atoms with Crippen molar-refractivity contribution >= 4 is 37.7 Å². The summed E-state index contributed by atoms with van der Waals surface area (Å²) < 4.78 is 7.53. The summed E-state index contributed by atoms with van der Waals surface area (Å²) in [6.45, 7) is 2.03. The standard InChI is InChI=1S/C16H12Br2N2O/c1-9-12(3-2-4-13(9)18)15-14(16(19)20-21-15)10-5-7-11(17)8-6-10/h2-8H,1H3,(H2,19,20). The summed E-state index contributed by atoms with van der Waals surface area (Å²) in [6.07, 6.45) is 0. The molecule has 0 aliphatic rings. The highest BCUT2D eigenvalue weighted by atomic mass is 79.9. The van der Waals surface area contributed by atoms with E-state index in [9.17, 15) is 0 Å². The monoisotopic (exact) mass is 406 g/mol. The van der Waals surface area contributed by atoms with Gasteiger partial charge in [-0.3, -0.25) is 0 Å². The predicted octanol–water partition coefficient (Wildman–Crippen LogP) is 5.42. The van der Waals surface area contributed by atoms with Crippen LogP contribution in [0.1, 0.15) is 5.56 Å². The zero-order valence-electron chi connectivity index (χ0n) is 11.2. The van der Waals surface area contributed by atoms with Crippen molar-refractivity contribution in [1.29, 1.82) is 0 Å². The third-order valence-electron chi connectivity index (χ3n) is 3.36. The number of anilines is 1. The van der Waals surface area contributed by atoms with E-state index in [0.717, 1.165) is 31.2 Å². The van der Waals surface area contributed by atoms with E-state index in [1.165, 1.54) is 0 Å². The second kappa shape index (κ2) is 5.66. The molecule has 5 heteroatoms. The maximum Gasteiger partial charge on any atom is 0.177 e. The van der Waals surface area contributed by atoms with Crippen molar-refractivity contribution in [2.75, 3.05) is 5.73 Å². The number of rotatable bonds is 2. The van der Waals surface area contributed by atoms with Crippen LogP contribution in [0.3, 0.4) is 0 Å². The molecular formula is C16H12Br2N2O. The topological polar surface area (TPSA) is 52.0 Å². The molecule has 3 nitrogen and oxygen atoms in total. The van der Waals surface area contributed by atoms with Crippen molar-refractivity contribution in [2.24, 2.45) is 0 Å². The fraction of sp³-hybridized carbons (Fsp3) is 0.0625. The van der Waals surface area contributed by atoms with Crippen LogP contribution < -0.4 is 5.73 Å². The molecule has 1 heterocycles. The summed E-state index contributed by atoms with van der Waals surface area (Å²) in [5.41, 5.74) is 9.88. The largest absolute Gasteiger partial charge is 0.380 e. The molecule has 0 aliphatic heterocycles. The fourth-order valence-electron chi connectivity index (χ4n) is 2.24. The van der Waals surface area contributed by atoms with Crippen LogP contribution in [0.2, 0.25) is 0 Å². The maximum atomic E-state index is 6.01. The smallest absolute Gasteiger partial charge is 0.177 e. The summed E-state index contributed by atoms with van der Waals surface area (Å²) in [4.78, 5) is 0. The Hall–Kier alpha value is -1.59. The lowest BCUT2D eigenvalue weighted by Gasteiger charge is -2.07. The van der Waals surface area contributed by atoms with Gasteiger partial charge in [0.25, 0.3) is 0 Å². The minimum Gasteiger partial charge on any atom is -0.380 e. The molecule has 0 atom stereocenters. The molecule has 0 bridgehead atoms. The number of hydrogen-bond donors (Lipinski definition) is 1. The number of aromatic nitrogens is 1. The van der Waals surface area contributed by atoms with Crippen molar-refractivity contribution < 1.29 is 4.52 Å². The normalized spacial score (nSPS) is 10.8. The first-order valence-electron chi connectivity index (χ1n) is 6.34. The van der Waals surface area contributed by atoms with Gasteiger partial charge < -0.3 is 10.3 Å². The summed E-state index contributed by atoms with van der Waals surface area (Å²) in [5.74, 6) is 1.08. The van der Waals surface area contributed by atoms with Gasteiger partial charge in [0.2, 0.25) is 0 Å². The van der Waals surface area contributed by atoms with E-state index in [0.29, 0.717) is 11.6 Å². The molecule has 0 saturated carbocycles. The van der Waals surface area contributed by atoms with Gasteiger partial charge in [-0.05, 0) is 36.2 Å². The molecule has 0 radical (unpaired) electrons. The Morgan fingerprint density at radius 2 is 1.76 bits per heavy atom. The highest BCUT2D eigenvalue weighted by Gasteiger charge is 2.19. The number of nitrogens with zero attached hydrogens (tertiary/aromatic N) is 1. The van der Waals surface area contributed by atoms with Crippen LogP contribution in [0.5, 0.6) is 0 Å². The lowest BCUT2D eigenvalue weighted by Crippen LogP contribution is -1.90. The summed E-state index contributed by atoms with van der Waals surface area (Å²) >= 11 is 6.98. The lowest BCUT2D eigenvalue weighted by atomic mass is 9.99. The van der Waals surface area contributed by atoms with Crippen LogP contribution in [0.15, 0.2) is 55.9 Å². The van der Waals surface area contributed by atoms with Gasteiger partial charge in [0, 0.05) is 14.5 Å². The second-order valence-electron chi connectivity index (χ2n) is 4.69. The minimum absolute atomic E-state index is 0.395.